The lowest BCUT2D eigenvalue weighted by Crippen LogP contribution is -2.06. The molecule has 3 nitrogen and oxygen atoms in total. The van der Waals surface area contributed by atoms with Gasteiger partial charge in [-0.2, -0.15) is 0 Å². The van der Waals surface area contributed by atoms with Crippen molar-refractivity contribution in [1.82, 2.24) is 4.57 Å². The molecular weight excluding hydrogens is 600 g/mol. The SMILES string of the molecule is CCCCCCCCCCCCCCCCCCn1c(I)c2c(c1I)OCCCO2. The molecule has 0 unspecified atom stereocenters. The minimum absolute atomic E-state index is 0.766. The second kappa shape index (κ2) is 16.9. The second-order valence-electron chi connectivity index (χ2n) is 8.75. The van der Waals surface area contributed by atoms with Crippen LogP contribution in [0.4, 0.5) is 0 Å². The monoisotopic (exact) mass is 643 g/mol. The van der Waals surface area contributed by atoms with Gasteiger partial charge in [-0.05, 0) is 51.6 Å². The summed E-state index contributed by atoms with van der Waals surface area (Å²) >= 11 is 4.84. The first-order valence-electron chi connectivity index (χ1n) is 12.6. The summed E-state index contributed by atoms with van der Waals surface area (Å²) in [5, 5.41) is 0. The Kier molecular flexibility index (Phi) is 15.0. The summed E-state index contributed by atoms with van der Waals surface area (Å²) in [5.41, 5.74) is 0. The highest BCUT2D eigenvalue weighted by atomic mass is 127. The van der Waals surface area contributed by atoms with E-state index >= 15 is 0 Å². The molecule has 30 heavy (non-hydrogen) atoms. The summed E-state index contributed by atoms with van der Waals surface area (Å²) < 4.78 is 16.6. The van der Waals surface area contributed by atoms with E-state index in [1.54, 1.807) is 0 Å². The highest BCUT2D eigenvalue weighted by molar-refractivity contribution is 14.1. The Morgan fingerprint density at radius 3 is 1.37 bits per heavy atom. The number of unbranched alkanes of at least 4 members (excludes halogenated alkanes) is 15. The van der Waals surface area contributed by atoms with Crippen LogP contribution in [0.3, 0.4) is 0 Å². The fraction of sp³-hybridized carbons (Fsp3) is 0.840. The Morgan fingerprint density at radius 2 is 0.967 bits per heavy atom. The lowest BCUT2D eigenvalue weighted by Gasteiger charge is -2.08. The van der Waals surface area contributed by atoms with Crippen LogP contribution in [-0.2, 0) is 6.54 Å². The quantitative estimate of drug-likeness (QED) is 0.125. The highest BCUT2D eigenvalue weighted by Crippen LogP contribution is 2.41. The van der Waals surface area contributed by atoms with Gasteiger partial charge in [0, 0.05) is 13.0 Å². The van der Waals surface area contributed by atoms with E-state index in [2.05, 4.69) is 56.7 Å². The van der Waals surface area contributed by atoms with Crippen molar-refractivity contribution in [3.8, 4) is 11.5 Å². The van der Waals surface area contributed by atoms with Gasteiger partial charge >= 0.3 is 0 Å². The zero-order valence-corrected chi connectivity index (χ0v) is 23.5. The van der Waals surface area contributed by atoms with Crippen molar-refractivity contribution < 1.29 is 9.47 Å². The first kappa shape index (κ1) is 26.6. The van der Waals surface area contributed by atoms with E-state index in [-0.39, 0.29) is 0 Å². The summed E-state index contributed by atoms with van der Waals surface area (Å²) in [5.74, 6) is 1.93. The van der Waals surface area contributed by atoms with Gasteiger partial charge in [0.1, 0.15) is 7.40 Å². The molecule has 1 aliphatic heterocycles. The van der Waals surface area contributed by atoms with Gasteiger partial charge in [0.05, 0.1) is 13.2 Å². The molecule has 1 aromatic heterocycles. The fourth-order valence-electron chi connectivity index (χ4n) is 4.19. The molecule has 2 rings (SSSR count). The smallest absolute Gasteiger partial charge is 0.194 e. The largest absolute Gasteiger partial charge is 0.487 e. The first-order valence-corrected chi connectivity index (χ1v) is 14.7. The number of hydrogen-bond donors (Lipinski definition) is 0. The topological polar surface area (TPSA) is 23.4 Å². The van der Waals surface area contributed by atoms with Crippen molar-refractivity contribution in [2.75, 3.05) is 13.2 Å². The maximum absolute atomic E-state index is 5.92. The molecule has 5 heteroatoms. The van der Waals surface area contributed by atoms with Crippen molar-refractivity contribution in [1.29, 1.82) is 0 Å². The van der Waals surface area contributed by atoms with Crippen LogP contribution in [0.2, 0.25) is 0 Å². The van der Waals surface area contributed by atoms with Crippen LogP contribution in [0.25, 0.3) is 0 Å². The average Bonchev–Trinajstić information content (AvgIpc) is 2.92. The summed E-state index contributed by atoms with van der Waals surface area (Å²) in [7, 11) is 0. The Labute approximate surface area is 212 Å². The minimum atomic E-state index is 0.766. The Balaban J connectivity index is 1.42. The van der Waals surface area contributed by atoms with E-state index in [9.17, 15) is 0 Å². The molecule has 2 heterocycles. The number of fused-ring (bicyclic) bond motifs is 1. The predicted molar refractivity (Wildman–Crippen MR) is 145 cm³/mol. The zero-order chi connectivity index (χ0) is 21.4. The number of halogens is 2. The summed E-state index contributed by atoms with van der Waals surface area (Å²) in [6.45, 7) is 4.90. The van der Waals surface area contributed by atoms with Crippen LogP contribution in [-0.4, -0.2) is 17.8 Å². The van der Waals surface area contributed by atoms with E-state index in [4.69, 9.17) is 9.47 Å². The van der Waals surface area contributed by atoms with Gasteiger partial charge in [-0.1, -0.05) is 103 Å². The van der Waals surface area contributed by atoms with E-state index < -0.39 is 0 Å². The molecule has 0 saturated heterocycles. The maximum atomic E-state index is 5.92. The predicted octanol–water partition coefficient (Wildman–Crippen LogP) is 9.12. The van der Waals surface area contributed by atoms with Crippen LogP contribution >= 0.6 is 45.2 Å². The third kappa shape index (κ3) is 9.86. The van der Waals surface area contributed by atoms with Crippen LogP contribution < -0.4 is 9.47 Å². The first-order chi connectivity index (χ1) is 14.8. The van der Waals surface area contributed by atoms with Crippen molar-refractivity contribution in [3.05, 3.63) is 7.40 Å². The molecule has 1 aliphatic rings. The maximum Gasteiger partial charge on any atom is 0.194 e. The number of ether oxygens (including phenoxy) is 2. The van der Waals surface area contributed by atoms with Crippen molar-refractivity contribution >= 4 is 45.2 Å². The molecule has 1 aromatic rings. The van der Waals surface area contributed by atoms with Gasteiger partial charge < -0.3 is 14.0 Å². The van der Waals surface area contributed by atoms with E-state index in [1.807, 2.05) is 0 Å². The van der Waals surface area contributed by atoms with Crippen molar-refractivity contribution in [2.45, 2.75) is 123 Å². The second-order valence-corrected chi connectivity index (χ2v) is 10.8. The molecule has 0 saturated carbocycles. The van der Waals surface area contributed by atoms with Crippen molar-refractivity contribution in [3.63, 3.8) is 0 Å². The summed E-state index contributed by atoms with van der Waals surface area (Å²) in [6, 6.07) is 0. The Hall–Kier alpha value is 0.340. The van der Waals surface area contributed by atoms with E-state index in [0.29, 0.717) is 0 Å². The summed E-state index contributed by atoms with van der Waals surface area (Å²) in [6.07, 6.45) is 23.6. The number of rotatable bonds is 17. The van der Waals surface area contributed by atoms with Crippen LogP contribution in [0.15, 0.2) is 0 Å². The third-order valence-corrected chi connectivity index (χ3v) is 8.22. The molecule has 0 aliphatic carbocycles. The van der Waals surface area contributed by atoms with Crippen LogP contribution in [0.1, 0.15) is 116 Å². The number of hydrogen-bond acceptors (Lipinski definition) is 2. The molecule has 0 bridgehead atoms. The molecule has 0 spiro atoms. The molecule has 0 atom stereocenters. The van der Waals surface area contributed by atoms with Gasteiger partial charge in [-0.15, -0.1) is 0 Å². The normalized spacial score (nSPS) is 13.6. The van der Waals surface area contributed by atoms with Crippen LogP contribution in [0, 0.1) is 7.40 Å². The lowest BCUT2D eigenvalue weighted by atomic mass is 10.0. The number of nitrogens with zero attached hydrogens (tertiary/aromatic N) is 1. The van der Waals surface area contributed by atoms with Gasteiger partial charge in [0.15, 0.2) is 11.5 Å². The van der Waals surface area contributed by atoms with Crippen molar-refractivity contribution in [2.24, 2.45) is 0 Å². The van der Waals surface area contributed by atoms with E-state index in [1.165, 1.54) is 110 Å². The molecule has 0 aromatic carbocycles. The molecule has 174 valence electrons. The fourth-order valence-corrected chi connectivity index (χ4v) is 6.42. The average molecular weight is 643 g/mol. The van der Waals surface area contributed by atoms with Gasteiger partial charge in [-0.25, -0.2) is 0 Å². The molecule has 0 radical (unpaired) electrons. The Bertz CT molecular complexity index is 544. The van der Waals surface area contributed by atoms with Gasteiger partial charge in [0.25, 0.3) is 0 Å². The highest BCUT2D eigenvalue weighted by Gasteiger charge is 2.24. The summed E-state index contributed by atoms with van der Waals surface area (Å²) in [4.78, 5) is 0. The third-order valence-electron chi connectivity index (χ3n) is 6.07. The minimum Gasteiger partial charge on any atom is -0.487 e. The van der Waals surface area contributed by atoms with E-state index in [0.717, 1.165) is 37.7 Å². The van der Waals surface area contributed by atoms with Gasteiger partial charge in [-0.3, -0.25) is 0 Å². The molecule has 0 fully saturated rings. The Morgan fingerprint density at radius 1 is 0.600 bits per heavy atom. The molecular formula is C25H43I2NO2. The lowest BCUT2D eigenvalue weighted by molar-refractivity contribution is 0.291. The molecule has 0 N–H and O–H groups in total. The molecule has 0 amide bonds. The van der Waals surface area contributed by atoms with Crippen LogP contribution in [0.5, 0.6) is 11.5 Å². The standard InChI is InChI=1S/C25H43I2NO2/c1-2-3-4-5-6-7-8-9-10-11-12-13-14-15-16-17-19-28-24(26)22-23(25(28)27)30-21-18-20-29-22/h2-21H2,1H3. The zero-order valence-electron chi connectivity index (χ0n) is 19.2. The number of aromatic nitrogens is 1. The van der Waals surface area contributed by atoms with Gasteiger partial charge in [0.2, 0.25) is 0 Å².